The lowest BCUT2D eigenvalue weighted by molar-refractivity contribution is -0.385. The van der Waals surface area contributed by atoms with Crippen molar-refractivity contribution in [2.24, 2.45) is 5.73 Å². The third kappa shape index (κ3) is 3.20. The number of halogens is 1. The second kappa shape index (κ2) is 5.81. The molecule has 2 rings (SSSR count). The van der Waals surface area contributed by atoms with Gasteiger partial charge in [0.15, 0.2) is 0 Å². The summed E-state index contributed by atoms with van der Waals surface area (Å²) in [5.41, 5.74) is 8.08. The van der Waals surface area contributed by atoms with E-state index in [1.54, 1.807) is 29.5 Å². The Balaban J connectivity index is 2.24. The number of thiophene rings is 1. The minimum atomic E-state index is -0.363. The lowest BCUT2D eigenvalue weighted by Gasteiger charge is -2.09. The van der Waals surface area contributed by atoms with Crippen molar-refractivity contribution in [1.82, 2.24) is 0 Å². The molecule has 0 aliphatic rings. The first-order chi connectivity index (χ1) is 8.99. The molecule has 6 heteroatoms. The molecule has 0 bridgehead atoms. The largest absolute Gasteiger partial charge is 0.323 e. The maximum atomic E-state index is 11.0. The molecule has 0 aliphatic carbocycles. The fourth-order valence-corrected chi connectivity index (χ4v) is 3.44. The van der Waals surface area contributed by atoms with Crippen LogP contribution in [0.25, 0.3) is 0 Å². The minimum Gasteiger partial charge on any atom is -0.323 e. The second-order valence-corrected chi connectivity index (χ2v) is 6.70. The standard InChI is InChI=1S/C13H13BrN2O2S/c1-8-6-12(19-13(8)14)10(15)7-9-4-2-3-5-11(9)16(17)18/h2-6,10H,7,15H2,1H3. The maximum Gasteiger partial charge on any atom is 0.272 e. The molecule has 2 N–H and O–H groups in total. The molecular weight excluding hydrogens is 328 g/mol. The highest BCUT2D eigenvalue weighted by Gasteiger charge is 2.18. The molecule has 100 valence electrons. The van der Waals surface area contributed by atoms with Crippen LogP contribution >= 0.6 is 27.3 Å². The first-order valence-corrected chi connectivity index (χ1v) is 7.33. The van der Waals surface area contributed by atoms with Crippen LogP contribution < -0.4 is 5.73 Å². The number of nitro groups is 1. The van der Waals surface area contributed by atoms with Gasteiger partial charge in [0.25, 0.3) is 5.69 Å². The Hall–Kier alpha value is -1.24. The van der Waals surface area contributed by atoms with E-state index in [2.05, 4.69) is 15.9 Å². The van der Waals surface area contributed by atoms with E-state index in [0.717, 1.165) is 14.2 Å². The molecule has 1 unspecified atom stereocenters. The molecule has 1 aromatic carbocycles. The molecular formula is C13H13BrN2O2S. The van der Waals surface area contributed by atoms with E-state index in [-0.39, 0.29) is 16.7 Å². The van der Waals surface area contributed by atoms with E-state index in [0.29, 0.717) is 12.0 Å². The van der Waals surface area contributed by atoms with Gasteiger partial charge in [0.05, 0.1) is 8.71 Å². The number of nitro benzene ring substituents is 1. The minimum absolute atomic E-state index is 0.130. The summed E-state index contributed by atoms with van der Waals surface area (Å²) in [6.07, 6.45) is 0.462. The van der Waals surface area contributed by atoms with Gasteiger partial charge in [-0.05, 0) is 40.9 Å². The number of benzene rings is 1. The van der Waals surface area contributed by atoms with Crippen LogP contribution in [-0.4, -0.2) is 4.92 Å². The summed E-state index contributed by atoms with van der Waals surface area (Å²) in [7, 11) is 0. The Bertz CT molecular complexity index is 593. The van der Waals surface area contributed by atoms with Gasteiger partial charge in [-0.3, -0.25) is 10.1 Å². The lowest BCUT2D eigenvalue weighted by Crippen LogP contribution is -2.12. The van der Waals surface area contributed by atoms with Crippen molar-refractivity contribution in [3.05, 3.63) is 60.2 Å². The number of aryl methyl sites for hydroxylation is 1. The van der Waals surface area contributed by atoms with Crippen LogP contribution in [0.1, 0.15) is 22.0 Å². The fourth-order valence-electron chi connectivity index (χ4n) is 1.87. The molecule has 1 atom stereocenters. The number of hydrogen-bond acceptors (Lipinski definition) is 4. The SMILES string of the molecule is Cc1cc(C(N)Cc2ccccc2[N+](=O)[O-])sc1Br. The first-order valence-electron chi connectivity index (χ1n) is 5.72. The first kappa shape index (κ1) is 14.2. The zero-order valence-corrected chi connectivity index (χ0v) is 12.7. The van der Waals surface area contributed by atoms with E-state index in [4.69, 9.17) is 5.73 Å². The van der Waals surface area contributed by atoms with Crippen LogP contribution in [-0.2, 0) is 6.42 Å². The van der Waals surface area contributed by atoms with Gasteiger partial charge >= 0.3 is 0 Å². The highest BCUT2D eigenvalue weighted by molar-refractivity contribution is 9.11. The Kier molecular flexibility index (Phi) is 4.34. The number of rotatable bonds is 4. The molecule has 19 heavy (non-hydrogen) atoms. The normalized spacial score (nSPS) is 12.4. The molecule has 0 saturated carbocycles. The summed E-state index contributed by atoms with van der Waals surface area (Å²) in [6.45, 7) is 2.00. The fraction of sp³-hybridized carbons (Fsp3) is 0.231. The molecule has 4 nitrogen and oxygen atoms in total. The van der Waals surface area contributed by atoms with Gasteiger partial charge in [-0.15, -0.1) is 11.3 Å². The molecule has 2 aromatic rings. The van der Waals surface area contributed by atoms with Gasteiger partial charge in [0.1, 0.15) is 0 Å². The average Bonchev–Trinajstić information content (AvgIpc) is 2.70. The van der Waals surface area contributed by atoms with Crippen molar-refractivity contribution in [3.63, 3.8) is 0 Å². The molecule has 0 aliphatic heterocycles. The quantitative estimate of drug-likeness (QED) is 0.676. The zero-order valence-electron chi connectivity index (χ0n) is 10.3. The third-order valence-corrected chi connectivity index (χ3v) is 5.14. The van der Waals surface area contributed by atoms with Crippen LogP contribution in [0.3, 0.4) is 0 Å². The number of nitrogens with zero attached hydrogens (tertiary/aromatic N) is 1. The van der Waals surface area contributed by atoms with Gasteiger partial charge < -0.3 is 5.73 Å². The van der Waals surface area contributed by atoms with Crippen LogP contribution in [0.5, 0.6) is 0 Å². The summed E-state index contributed by atoms with van der Waals surface area (Å²) in [6, 6.07) is 8.53. The van der Waals surface area contributed by atoms with Crippen molar-refractivity contribution in [2.45, 2.75) is 19.4 Å². The molecule has 0 fully saturated rings. The van der Waals surface area contributed by atoms with Crippen molar-refractivity contribution in [1.29, 1.82) is 0 Å². The van der Waals surface area contributed by atoms with Crippen molar-refractivity contribution in [3.8, 4) is 0 Å². The summed E-state index contributed by atoms with van der Waals surface area (Å²) in [4.78, 5) is 11.6. The average molecular weight is 341 g/mol. The highest BCUT2D eigenvalue weighted by Crippen LogP contribution is 2.32. The highest BCUT2D eigenvalue weighted by atomic mass is 79.9. The molecule has 0 radical (unpaired) electrons. The Morgan fingerprint density at radius 3 is 2.74 bits per heavy atom. The van der Waals surface area contributed by atoms with E-state index in [1.807, 2.05) is 13.0 Å². The Morgan fingerprint density at radius 1 is 1.47 bits per heavy atom. The molecule has 0 saturated heterocycles. The second-order valence-electron chi connectivity index (χ2n) is 4.30. The number of nitrogens with two attached hydrogens (primary N) is 1. The van der Waals surface area contributed by atoms with Crippen molar-refractivity contribution >= 4 is 33.0 Å². The maximum absolute atomic E-state index is 11.0. The van der Waals surface area contributed by atoms with Crippen LogP contribution in [0, 0.1) is 17.0 Å². The Labute approximate surface area is 123 Å². The predicted molar refractivity (Wildman–Crippen MR) is 80.5 cm³/mol. The van der Waals surface area contributed by atoms with Crippen LogP contribution in [0.2, 0.25) is 0 Å². The third-order valence-electron chi connectivity index (χ3n) is 2.87. The summed E-state index contributed by atoms with van der Waals surface area (Å²) < 4.78 is 1.06. The predicted octanol–water partition coefficient (Wildman–Crippen LogP) is 3.97. The monoisotopic (exact) mass is 340 g/mol. The smallest absolute Gasteiger partial charge is 0.272 e. The van der Waals surface area contributed by atoms with Crippen molar-refractivity contribution in [2.75, 3.05) is 0 Å². The topological polar surface area (TPSA) is 69.2 Å². The lowest BCUT2D eigenvalue weighted by atomic mass is 10.0. The zero-order chi connectivity index (χ0) is 14.0. The molecule has 1 aromatic heterocycles. The summed E-state index contributed by atoms with van der Waals surface area (Å²) >= 11 is 5.04. The van der Waals surface area contributed by atoms with Gasteiger partial charge in [-0.25, -0.2) is 0 Å². The molecule has 0 amide bonds. The number of hydrogen-bond donors (Lipinski definition) is 1. The van der Waals surface area contributed by atoms with Crippen LogP contribution in [0.15, 0.2) is 34.1 Å². The Morgan fingerprint density at radius 2 is 2.16 bits per heavy atom. The number of para-hydroxylation sites is 1. The molecule has 0 spiro atoms. The van der Waals surface area contributed by atoms with Crippen LogP contribution in [0.4, 0.5) is 5.69 Å². The molecule has 1 heterocycles. The van der Waals surface area contributed by atoms with Gasteiger partial charge in [0.2, 0.25) is 0 Å². The van der Waals surface area contributed by atoms with Gasteiger partial charge in [-0.1, -0.05) is 18.2 Å². The summed E-state index contributed by atoms with van der Waals surface area (Å²) in [5, 5.41) is 11.0. The van der Waals surface area contributed by atoms with E-state index >= 15 is 0 Å². The van der Waals surface area contributed by atoms with E-state index in [1.165, 1.54) is 6.07 Å². The van der Waals surface area contributed by atoms with Gasteiger partial charge in [-0.2, -0.15) is 0 Å². The van der Waals surface area contributed by atoms with E-state index < -0.39 is 0 Å². The van der Waals surface area contributed by atoms with Crippen molar-refractivity contribution < 1.29 is 4.92 Å². The summed E-state index contributed by atoms with van der Waals surface area (Å²) in [5.74, 6) is 0. The van der Waals surface area contributed by atoms with E-state index in [9.17, 15) is 10.1 Å². The van der Waals surface area contributed by atoms with Gasteiger partial charge in [0, 0.05) is 22.5 Å².